The maximum atomic E-state index is 5.95. The van der Waals surface area contributed by atoms with Gasteiger partial charge < -0.3 is 5.32 Å². The number of thiazole rings is 1. The summed E-state index contributed by atoms with van der Waals surface area (Å²) in [5, 5.41) is 5.26. The molecule has 0 fully saturated rings. The van der Waals surface area contributed by atoms with E-state index in [0.717, 1.165) is 23.7 Å². The van der Waals surface area contributed by atoms with Crippen LogP contribution in [0.3, 0.4) is 0 Å². The lowest BCUT2D eigenvalue weighted by molar-refractivity contribution is 0.623. The van der Waals surface area contributed by atoms with Crippen LogP contribution in [0.5, 0.6) is 0 Å². The van der Waals surface area contributed by atoms with Crippen LogP contribution < -0.4 is 5.32 Å². The van der Waals surface area contributed by atoms with Crippen LogP contribution in [0.4, 0.5) is 0 Å². The first-order valence-electron chi connectivity index (χ1n) is 6.43. The van der Waals surface area contributed by atoms with E-state index in [1.165, 1.54) is 15.4 Å². The standard InChI is InChI=1S/C15H19ClN2S/c1-10-11(2)19-15(18-10)8-13(9-17-3)12-4-6-14(16)7-5-12/h4-7,13,17H,8-9H2,1-3H3. The fraction of sp³-hybridized carbons (Fsp3) is 0.400. The lowest BCUT2D eigenvalue weighted by atomic mass is 9.96. The van der Waals surface area contributed by atoms with E-state index in [9.17, 15) is 0 Å². The zero-order valence-corrected chi connectivity index (χ0v) is 13.1. The molecule has 0 spiro atoms. The minimum absolute atomic E-state index is 0.437. The van der Waals surface area contributed by atoms with E-state index in [4.69, 9.17) is 11.6 Å². The third-order valence-corrected chi connectivity index (χ3v) is 4.63. The minimum atomic E-state index is 0.437. The van der Waals surface area contributed by atoms with Crippen molar-refractivity contribution in [2.24, 2.45) is 0 Å². The number of rotatable bonds is 5. The molecule has 0 saturated heterocycles. The Kier molecular flexibility index (Phi) is 4.97. The van der Waals surface area contributed by atoms with Crippen molar-refractivity contribution in [3.8, 4) is 0 Å². The highest BCUT2D eigenvalue weighted by Crippen LogP contribution is 2.25. The molecule has 1 aromatic carbocycles. The second-order valence-corrected chi connectivity index (χ2v) is 6.48. The average Bonchev–Trinajstić information content (AvgIpc) is 2.69. The summed E-state index contributed by atoms with van der Waals surface area (Å²) in [6.07, 6.45) is 0.974. The summed E-state index contributed by atoms with van der Waals surface area (Å²) in [5.74, 6) is 0.437. The molecule has 0 bridgehead atoms. The fourth-order valence-electron chi connectivity index (χ4n) is 2.13. The van der Waals surface area contributed by atoms with Gasteiger partial charge in [-0.1, -0.05) is 23.7 Å². The third-order valence-electron chi connectivity index (χ3n) is 3.29. The van der Waals surface area contributed by atoms with Crippen molar-refractivity contribution in [2.75, 3.05) is 13.6 Å². The molecular formula is C15H19ClN2S. The van der Waals surface area contributed by atoms with Gasteiger partial charge in [0, 0.05) is 28.8 Å². The number of aromatic nitrogens is 1. The predicted octanol–water partition coefficient (Wildman–Crippen LogP) is 3.96. The minimum Gasteiger partial charge on any atom is -0.319 e. The number of hydrogen-bond acceptors (Lipinski definition) is 3. The molecule has 2 nitrogen and oxygen atoms in total. The monoisotopic (exact) mass is 294 g/mol. The van der Waals surface area contributed by atoms with Crippen molar-refractivity contribution >= 4 is 22.9 Å². The van der Waals surface area contributed by atoms with Crippen LogP contribution in [-0.2, 0) is 6.42 Å². The van der Waals surface area contributed by atoms with E-state index in [-0.39, 0.29) is 0 Å². The van der Waals surface area contributed by atoms with E-state index in [2.05, 4.69) is 36.3 Å². The first-order chi connectivity index (χ1) is 9.10. The van der Waals surface area contributed by atoms with Crippen LogP contribution >= 0.6 is 22.9 Å². The molecule has 1 aromatic heterocycles. The number of hydrogen-bond donors (Lipinski definition) is 1. The van der Waals surface area contributed by atoms with Crippen molar-refractivity contribution in [1.82, 2.24) is 10.3 Å². The number of likely N-dealkylation sites (N-methyl/N-ethyl adjacent to an activating group) is 1. The lowest BCUT2D eigenvalue weighted by Crippen LogP contribution is -2.19. The molecule has 102 valence electrons. The first kappa shape index (κ1) is 14.5. The molecule has 2 aromatic rings. The quantitative estimate of drug-likeness (QED) is 0.903. The summed E-state index contributed by atoms with van der Waals surface area (Å²) in [5.41, 5.74) is 2.46. The molecule has 0 aliphatic rings. The smallest absolute Gasteiger partial charge is 0.0937 e. The van der Waals surface area contributed by atoms with Gasteiger partial charge in [0.1, 0.15) is 0 Å². The normalized spacial score (nSPS) is 12.6. The van der Waals surface area contributed by atoms with Gasteiger partial charge in [-0.05, 0) is 38.6 Å². The highest BCUT2D eigenvalue weighted by molar-refractivity contribution is 7.11. The van der Waals surface area contributed by atoms with E-state index in [0.29, 0.717) is 5.92 Å². The van der Waals surface area contributed by atoms with E-state index in [1.807, 2.05) is 19.2 Å². The summed E-state index contributed by atoms with van der Waals surface area (Å²) >= 11 is 7.75. The molecule has 0 saturated carbocycles. The van der Waals surface area contributed by atoms with Gasteiger partial charge in [-0.25, -0.2) is 4.98 Å². The van der Waals surface area contributed by atoms with Crippen LogP contribution in [0.15, 0.2) is 24.3 Å². The van der Waals surface area contributed by atoms with Crippen LogP contribution in [0, 0.1) is 13.8 Å². The van der Waals surface area contributed by atoms with Crippen LogP contribution in [-0.4, -0.2) is 18.6 Å². The molecule has 0 aliphatic heterocycles. The van der Waals surface area contributed by atoms with E-state index < -0.39 is 0 Å². The van der Waals surface area contributed by atoms with Gasteiger partial charge in [0.2, 0.25) is 0 Å². The molecule has 1 N–H and O–H groups in total. The molecule has 0 amide bonds. The van der Waals surface area contributed by atoms with Crippen molar-refractivity contribution in [3.05, 3.63) is 50.4 Å². The number of aryl methyl sites for hydroxylation is 2. The maximum absolute atomic E-state index is 5.95. The number of nitrogens with zero attached hydrogens (tertiary/aromatic N) is 1. The second-order valence-electron chi connectivity index (χ2n) is 4.76. The third kappa shape index (κ3) is 3.78. The molecule has 1 atom stereocenters. The van der Waals surface area contributed by atoms with Crippen LogP contribution in [0.1, 0.15) is 27.1 Å². The topological polar surface area (TPSA) is 24.9 Å². The molecule has 1 heterocycles. The Hall–Kier alpha value is -0.900. The fourth-order valence-corrected chi connectivity index (χ4v) is 3.27. The van der Waals surface area contributed by atoms with Crippen LogP contribution in [0.25, 0.3) is 0 Å². The summed E-state index contributed by atoms with van der Waals surface area (Å²) in [6.45, 7) is 5.15. The second kappa shape index (κ2) is 6.51. The molecule has 2 rings (SSSR count). The van der Waals surface area contributed by atoms with Gasteiger partial charge in [-0.2, -0.15) is 0 Å². The summed E-state index contributed by atoms with van der Waals surface area (Å²) in [4.78, 5) is 5.95. The zero-order valence-electron chi connectivity index (χ0n) is 11.5. The van der Waals surface area contributed by atoms with Crippen molar-refractivity contribution in [1.29, 1.82) is 0 Å². The Morgan fingerprint density at radius 1 is 1.26 bits per heavy atom. The van der Waals surface area contributed by atoms with Crippen molar-refractivity contribution in [2.45, 2.75) is 26.2 Å². The molecule has 19 heavy (non-hydrogen) atoms. The van der Waals surface area contributed by atoms with Crippen molar-refractivity contribution in [3.63, 3.8) is 0 Å². The Morgan fingerprint density at radius 2 is 1.95 bits per heavy atom. The molecule has 4 heteroatoms. The predicted molar refractivity (Wildman–Crippen MR) is 83.4 cm³/mol. The van der Waals surface area contributed by atoms with E-state index in [1.54, 1.807) is 11.3 Å². The number of benzene rings is 1. The SMILES string of the molecule is CNCC(Cc1nc(C)c(C)s1)c1ccc(Cl)cc1. The van der Waals surface area contributed by atoms with Crippen LogP contribution in [0.2, 0.25) is 5.02 Å². The summed E-state index contributed by atoms with van der Waals surface area (Å²) in [7, 11) is 1.99. The van der Waals surface area contributed by atoms with Gasteiger partial charge in [-0.15, -0.1) is 11.3 Å². The first-order valence-corrected chi connectivity index (χ1v) is 7.62. The van der Waals surface area contributed by atoms with Gasteiger partial charge in [0.15, 0.2) is 0 Å². The lowest BCUT2D eigenvalue weighted by Gasteiger charge is -2.15. The molecule has 0 aliphatic carbocycles. The number of nitrogens with one attached hydrogen (secondary N) is 1. The molecule has 1 unspecified atom stereocenters. The van der Waals surface area contributed by atoms with Gasteiger partial charge in [0.25, 0.3) is 0 Å². The average molecular weight is 295 g/mol. The zero-order chi connectivity index (χ0) is 13.8. The Balaban J connectivity index is 2.18. The summed E-state index contributed by atoms with van der Waals surface area (Å²) in [6, 6.07) is 8.13. The largest absolute Gasteiger partial charge is 0.319 e. The summed E-state index contributed by atoms with van der Waals surface area (Å²) < 4.78 is 0. The number of halogens is 1. The Bertz CT molecular complexity index is 514. The molecular weight excluding hydrogens is 276 g/mol. The van der Waals surface area contributed by atoms with E-state index >= 15 is 0 Å². The van der Waals surface area contributed by atoms with Gasteiger partial charge >= 0.3 is 0 Å². The highest BCUT2D eigenvalue weighted by Gasteiger charge is 2.14. The Labute approximate surface area is 123 Å². The Morgan fingerprint density at radius 3 is 2.47 bits per heavy atom. The van der Waals surface area contributed by atoms with Crippen molar-refractivity contribution < 1.29 is 0 Å². The van der Waals surface area contributed by atoms with Gasteiger partial charge in [0.05, 0.1) is 10.7 Å². The molecule has 0 radical (unpaired) electrons. The van der Waals surface area contributed by atoms with Gasteiger partial charge in [-0.3, -0.25) is 0 Å². The maximum Gasteiger partial charge on any atom is 0.0937 e. The highest BCUT2D eigenvalue weighted by atomic mass is 35.5.